The van der Waals surface area contributed by atoms with Crippen LogP contribution in [0.1, 0.15) is 11.6 Å². The normalized spacial score (nSPS) is 12.2. The van der Waals surface area contributed by atoms with Crippen LogP contribution in [0.4, 0.5) is 4.39 Å². The van der Waals surface area contributed by atoms with Crippen molar-refractivity contribution < 1.29 is 13.9 Å². The minimum atomic E-state index is -2.57. The molecule has 148 valence electrons. The van der Waals surface area contributed by atoms with E-state index in [4.69, 9.17) is 16.5 Å². The summed E-state index contributed by atoms with van der Waals surface area (Å²) >= 11 is 6.20. The van der Waals surface area contributed by atoms with Gasteiger partial charge in [-0.2, -0.15) is 0 Å². The monoisotopic (exact) mass is 425 g/mol. The predicted octanol–water partition coefficient (Wildman–Crippen LogP) is 4.23. The quantitative estimate of drug-likeness (QED) is 0.349. The van der Waals surface area contributed by atoms with Gasteiger partial charge in [0.1, 0.15) is 5.82 Å². The Morgan fingerprint density at radius 3 is 2.03 bits per heavy atom. The van der Waals surface area contributed by atoms with E-state index in [1.807, 2.05) is 60.7 Å². The van der Waals surface area contributed by atoms with E-state index in [0.29, 0.717) is 5.56 Å². The highest BCUT2D eigenvalue weighted by Crippen LogP contribution is 2.43. The van der Waals surface area contributed by atoms with E-state index in [2.05, 4.69) is 11.7 Å². The number of esters is 1. The molecule has 29 heavy (non-hydrogen) atoms. The van der Waals surface area contributed by atoms with Gasteiger partial charge in [-0.1, -0.05) is 91.2 Å². The summed E-state index contributed by atoms with van der Waals surface area (Å²) in [5.41, 5.74) is 0.723. The van der Waals surface area contributed by atoms with Crippen molar-refractivity contribution in [1.82, 2.24) is 5.09 Å². The number of nitrogens with one attached hydrogen (secondary N) is 1. The molecule has 6 heteroatoms. The van der Waals surface area contributed by atoms with Gasteiger partial charge in [-0.25, -0.2) is 9.18 Å². The van der Waals surface area contributed by atoms with Crippen molar-refractivity contribution in [1.29, 1.82) is 0 Å². The van der Waals surface area contributed by atoms with Gasteiger partial charge in [-0.15, -0.1) is 0 Å². The summed E-state index contributed by atoms with van der Waals surface area (Å²) in [6.07, 6.45) is -2.57. The first-order valence-electron chi connectivity index (χ1n) is 8.97. The predicted molar refractivity (Wildman–Crippen MR) is 120 cm³/mol. The first kappa shape index (κ1) is 21.1. The molecule has 0 aliphatic rings. The van der Waals surface area contributed by atoms with Crippen molar-refractivity contribution in [2.75, 3.05) is 7.11 Å². The van der Waals surface area contributed by atoms with Crippen molar-refractivity contribution in [2.45, 2.75) is 6.04 Å². The molecule has 0 aliphatic carbocycles. The highest BCUT2D eigenvalue weighted by molar-refractivity contribution is 8.20. The number of hydrogen-bond acceptors (Lipinski definition) is 3. The molecule has 0 amide bonds. The minimum Gasteiger partial charge on any atom is -0.466 e. The number of rotatable bonds is 7. The van der Waals surface area contributed by atoms with Crippen LogP contribution in [0.15, 0.2) is 97.1 Å². The first-order chi connectivity index (χ1) is 14.0. The summed E-state index contributed by atoms with van der Waals surface area (Å²) in [7, 11) is 1.29. The Bertz CT molecular complexity index is 1010. The molecule has 0 heterocycles. The molecule has 1 atom stereocenters. The third kappa shape index (κ3) is 4.70. The molecule has 3 aromatic rings. The molecule has 0 bridgehead atoms. The summed E-state index contributed by atoms with van der Waals surface area (Å²) in [5.74, 6) is -0.978. The van der Waals surface area contributed by atoms with Crippen molar-refractivity contribution in [3.63, 3.8) is 0 Å². The van der Waals surface area contributed by atoms with Crippen LogP contribution in [0, 0.1) is 5.82 Å². The second kappa shape index (κ2) is 9.27. The highest BCUT2D eigenvalue weighted by atomic mass is 32.4. The lowest BCUT2D eigenvalue weighted by atomic mass is 10.0. The van der Waals surface area contributed by atoms with Crippen molar-refractivity contribution >= 4 is 34.6 Å². The van der Waals surface area contributed by atoms with Crippen LogP contribution < -0.4 is 15.7 Å². The fourth-order valence-electron chi connectivity index (χ4n) is 3.04. The maximum absolute atomic E-state index is 14.0. The summed E-state index contributed by atoms with van der Waals surface area (Å²) in [4.78, 5) is 12.3. The second-order valence-electron chi connectivity index (χ2n) is 6.41. The zero-order valence-corrected chi connectivity index (χ0v) is 17.6. The average Bonchev–Trinajstić information content (AvgIpc) is 2.77. The third-order valence-electron chi connectivity index (χ3n) is 4.53. The Kier molecular flexibility index (Phi) is 6.75. The van der Waals surface area contributed by atoms with E-state index in [0.717, 1.165) is 10.6 Å². The molecule has 0 radical (unpaired) electrons. The molecule has 0 aromatic heterocycles. The van der Waals surface area contributed by atoms with Crippen LogP contribution in [0.3, 0.4) is 0 Å². The van der Waals surface area contributed by atoms with E-state index >= 15 is 0 Å². The Labute approximate surface area is 175 Å². The fourth-order valence-corrected chi connectivity index (χ4v) is 6.54. The van der Waals surface area contributed by atoms with E-state index in [-0.39, 0.29) is 5.57 Å². The number of carbonyl (C=O) groups excluding carboxylic acids is 1. The van der Waals surface area contributed by atoms with Crippen molar-refractivity contribution in [3.05, 3.63) is 108 Å². The van der Waals surface area contributed by atoms with Gasteiger partial charge in [0.15, 0.2) is 0 Å². The topological polar surface area (TPSA) is 38.3 Å². The molecule has 0 saturated carbocycles. The number of ether oxygens (including phenoxy) is 1. The maximum Gasteiger partial charge on any atom is 0.335 e. The lowest BCUT2D eigenvalue weighted by Gasteiger charge is -2.31. The summed E-state index contributed by atoms with van der Waals surface area (Å²) in [6, 6.07) is 24.8. The Hall–Kier alpha value is -2.59. The van der Waals surface area contributed by atoms with Crippen LogP contribution in [-0.4, -0.2) is 13.1 Å². The van der Waals surface area contributed by atoms with Gasteiger partial charge in [0.05, 0.1) is 24.9 Å². The number of hydrogen-bond donors (Lipinski definition) is 1. The molecule has 0 spiro atoms. The summed E-state index contributed by atoms with van der Waals surface area (Å²) in [5, 5.41) is 5.34. The standard InChI is InChI=1S/C23H21FNO2PS/c1-17(23(26)27-2)22(18-10-9-11-19(24)16-18)25-28(29,20-12-5-3-6-13-20)21-14-7-4-8-15-21/h3-16,22H,1H2,2H3,(H,25,29). The zero-order chi connectivity index (χ0) is 20.9. The van der Waals surface area contributed by atoms with E-state index in [1.165, 1.54) is 19.2 Å². The van der Waals surface area contributed by atoms with Gasteiger partial charge in [-0.3, -0.25) is 5.09 Å². The highest BCUT2D eigenvalue weighted by Gasteiger charge is 2.30. The van der Waals surface area contributed by atoms with Gasteiger partial charge < -0.3 is 4.74 Å². The molecule has 3 rings (SSSR count). The number of benzene rings is 3. The van der Waals surface area contributed by atoms with Gasteiger partial charge in [0.2, 0.25) is 0 Å². The van der Waals surface area contributed by atoms with Gasteiger partial charge >= 0.3 is 5.97 Å². The number of halogens is 1. The first-order valence-corrected chi connectivity index (χ1v) is 11.8. The minimum absolute atomic E-state index is 0.166. The fraction of sp³-hybridized carbons (Fsp3) is 0.0870. The SMILES string of the molecule is C=C(C(=O)OC)C(NP(=S)(c1ccccc1)c1ccccc1)c1cccc(F)c1. The van der Waals surface area contributed by atoms with Crippen LogP contribution in [0.5, 0.6) is 0 Å². The molecule has 3 nitrogen and oxygen atoms in total. The van der Waals surface area contributed by atoms with Crippen molar-refractivity contribution in [3.8, 4) is 0 Å². The van der Waals surface area contributed by atoms with Crippen LogP contribution in [0.25, 0.3) is 0 Å². The second-order valence-corrected chi connectivity index (χ2v) is 10.6. The Balaban J connectivity index is 2.14. The number of carbonyl (C=O) groups is 1. The molecule has 0 aliphatic heterocycles. The van der Waals surface area contributed by atoms with Crippen LogP contribution in [0.2, 0.25) is 0 Å². The van der Waals surface area contributed by atoms with Gasteiger partial charge in [0.25, 0.3) is 0 Å². The smallest absolute Gasteiger partial charge is 0.335 e. The number of methoxy groups -OCH3 is 1. The summed E-state index contributed by atoms with van der Waals surface area (Å²) < 4.78 is 18.8. The van der Waals surface area contributed by atoms with E-state index < -0.39 is 24.0 Å². The Morgan fingerprint density at radius 2 is 1.55 bits per heavy atom. The van der Waals surface area contributed by atoms with Gasteiger partial charge in [-0.05, 0) is 17.7 Å². The zero-order valence-electron chi connectivity index (χ0n) is 15.9. The van der Waals surface area contributed by atoms with Gasteiger partial charge in [0, 0.05) is 10.6 Å². The molecule has 1 N–H and O–H groups in total. The lowest BCUT2D eigenvalue weighted by Crippen LogP contribution is -2.33. The average molecular weight is 425 g/mol. The lowest BCUT2D eigenvalue weighted by molar-refractivity contribution is -0.136. The summed E-state index contributed by atoms with van der Waals surface area (Å²) in [6.45, 7) is 3.92. The van der Waals surface area contributed by atoms with Crippen LogP contribution >= 0.6 is 6.19 Å². The van der Waals surface area contributed by atoms with Crippen molar-refractivity contribution in [2.24, 2.45) is 0 Å². The molecule has 0 saturated heterocycles. The van der Waals surface area contributed by atoms with Crippen LogP contribution in [-0.2, 0) is 21.3 Å². The maximum atomic E-state index is 14.0. The Morgan fingerprint density at radius 1 is 1.00 bits per heavy atom. The largest absolute Gasteiger partial charge is 0.466 e. The molecular weight excluding hydrogens is 404 g/mol. The molecule has 1 unspecified atom stereocenters. The third-order valence-corrected chi connectivity index (χ3v) is 8.78. The molecule has 0 fully saturated rings. The molecule has 3 aromatic carbocycles. The van der Waals surface area contributed by atoms with E-state index in [1.54, 1.807) is 12.1 Å². The van der Waals surface area contributed by atoms with E-state index in [9.17, 15) is 9.18 Å². The molecular formula is C23H21FNO2PS.